The second-order valence-electron chi connectivity index (χ2n) is 3.44. The van der Waals surface area contributed by atoms with Crippen LogP contribution in [-0.2, 0) is 0 Å². The van der Waals surface area contributed by atoms with Crippen LogP contribution >= 0.6 is 0 Å². The third-order valence-electron chi connectivity index (χ3n) is 2.65. The molecule has 1 saturated carbocycles. The van der Waals surface area contributed by atoms with Crippen molar-refractivity contribution in [2.45, 2.75) is 31.7 Å². The molecule has 0 aromatic rings. The first-order chi connectivity index (χ1) is 5.88. The zero-order valence-corrected chi connectivity index (χ0v) is 7.55. The minimum atomic E-state index is 0.507. The van der Waals surface area contributed by atoms with E-state index in [0.717, 1.165) is 25.4 Å². The van der Waals surface area contributed by atoms with Crippen molar-refractivity contribution in [2.75, 3.05) is 13.1 Å². The van der Waals surface area contributed by atoms with E-state index in [0.29, 0.717) is 6.04 Å². The van der Waals surface area contributed by atoms with Crippen molar-refractivity contribution in [3.63, 3.8) is 0 Å². The lowest BCUT2D eigenvalue weighted by atomic mass is 9.79. The Kier molecular flexibility index (Phi) is 4.13. The Balaban J connectivity index is 2.12. The molecule has 0 amide bonds. The van der Waals surface area contributed by atoms with E-state index >= 15 is 0 Å². The molecule has 0 heterocycles. The average molecular weight is 166 g/mol. The largest absolute Gasteiger partial charge is 0.329 e. The second kappa shape index (κ2) is 5.18. The second-order valence-corrected chi connectivity index (χ2v) is 3.44. The monoisotopic (exact) mass is 166 g/mol. The highest BCUT2D eigenvalue weighted by Gasteiger charge is 2.25. The molecule has 0 bridgehead atoms. The number of nitrogens with two attached hydrogens (primary N) is 1. The summed E-state index contributed by atoms with van der Waals surface area (Å²) in [5.41, 5.74) is 5.65. The molecule has 1 aliphatic rings. The quantitative estimate of drug-likeness (QED) is 0.466. The van der Waals surface area contributed by atoms with E-state index in [2.05, 4.69) is 11.2 Å². The highest BCUT2D eigenvalue weighted by atomic mass is 14.9. The number of hydrogen-bond donors (Lipinski definition) is 2. The zero-order chi connectivity index (χ0) is 8.81. The Labute approximate surface area is 74.9 Å². The van der Waals surface area contributed by atoms with Gasteiger partial charge in [-0.2, -0.15) is 0 Å². The van der Waals surface area contributed by atoms with Crippen LogP contribution in [0.1, 0.15) is 25.7 Å². The first-order valence-corrected chi connectivity index (χ1v) is 4.75. The molecule has 0 aromatic carbocycles. The predicted octanol–water partition coefficient (Wildman–Crippen LogP) is 0.727. The fourth-order valence-electron chi connectivity index (χ4n) is 1.61. The van der Waals surface area contributed by atoms with Crippen LogP contribution in [-0.4, -0.2) is 19.1 Å². The van der Waals surface area contributed by atoms with Crippen molar-refractivity contribution in [3.8, 4) is 12.3 Å². The molecule has 1 unspecified atom stereocenters. The summed E-state index contributed by atoms with van der Waals surface area (Å²) in [5, 5.41) is 3.40. The van der Waals surface area contributed by atoms with Gasteiger partial charge in [0, 0.05) is 25.6 Å². The van der Waals surface area contributed by atoms with Crippen molar-refractivity contribution < 1.29 is 0 Å². The summed E-state index contributed by atoms with van der Waals surface area (Å²) < 4.78 is 0. The Morgan fingerprint density at radius 3 is 2.75 bits per heavy atom. The maximum atomic E-state index is 5.65. The summed E-state index contributed by atoms with van der Waals surface area (Å²) in [5.74, 6) is 3.43. The minimum absolute atomic E-state index is 0.507. The third-order valence-corrected chi connectivity index (χ3v) is 2.65. The molecule has 0 saturated heterocycles. The molecule has 0 aromatic heterocycles. The molecule has 12 heavy (non-hydrogen) atoms. The molecule has 68 valence electrons. The normalized spacial score (nSPS) is 19.7. The fraction of sp³-hybridized carbons (Fsp3) is 0.800. The van der Waals surface area contributed by atoms with E-state index in [9.17, 15) is 0 Å². The molecule has 0 spiro atoms. The number of terminal acetylenes is 1. The molecule has 1 fully saturated rings. The van der Waals surface area contributed by atoms with Gasteiger partial charge in [-0.25, -0.2) is 0 Å². The van der Waals surface area contributed by atoms with Gasteiger partial charge in [-0.1, -0.05) is 6.42 Å². The van der Waals surface area contributed by atoms with E-state index in [1.807, 2.05) is 0 Å². The Morgan fingerprint density at radius 2 is 2.33 bits per heavy atom. The van der Waals surface area contributed by atoms with E-state index in [1.54, 1.807) is 0 Å². The van der Waals surface area contributed by atoms with Gasteiger partial charge in [0.05, 0.1) is 0 Å². The number of nitrogens with one attached hydrogen (secondary N) is 1. The maximum Gasteiger partial charge on any atom is 0.0218 e. The van der Waals surface area contributed by atoms with Gasteiger partial charge >= 0.3 is 0 Å². The van der Waals surface area contributed by atoms with Gasteiger partial charge in [0.1, 0.15) is 0 Å². The number of rotatable bonds is 5. The minimum Gasteiger partial charge on any atom is -0.329 e. The van der Waals surface area contributed by atoms with Gasteiger partial charge in [-0.05, 0) is 18.8 Å². The van der Waals surface area contributed by atoms with Gasteiger partial charge in [-0.3, -0.25) is 0 Å². The summed E-state index contributed by atoms with van der Waals surface area (Å²) in [7, 11) is 0. The van der Waals surface area contributed by atoms with E-state index < -0.39 is 0 Å². The van der Waals surface area contributed by atoms with Crippen molar-refractivity contribution in [1.82, 2.24) is 5.32 Å². The molecular formula is C10H18N2. The SMILES string of the molecule is C#CCCNC(CN)C1CCC1. The van der Waals surface area contributed by atoms with Crippen LogP contribution in [0.3, 0.4) is 0 Å². The Morgan fingerprint density at radius 1 is 1.58 bits per heavy atom. The fourth-order valence-corrected chi connectivity index (χ4v) is 1.61. The standard InChI is InChI=1S/C10H18N2/c1-2-3-7-12-10(8-11)9-5-4-6-9/h1,9-10,12H,3-8,11H2. The summed E-state index contributed by atoms with van der Waals surface area (Å²) >= 11 is 0. The summed E-state index contributed by atoms with van der Waals surface area (Å²) in [6.07, 6.45) is 10.0. The highest BCUT2D eigenvalue weighted by Crippen LogP contribution is 2.28. The maximum absolute atomic E-state index is 5.65. The smallest absolute Gasteiger partial charge is 0.0218 e. The van der Waals surface area contributed by atoms with Crippen molar-refractivity contribution in [2.24, 2.45) is 11.7 Å². The third kappa shape index (κ3) is 2.51. The Bertz CT molecular complexity index is 156. The van der Waals surface area contributed by atoms with Crippen LogP contribution in [0, 0.1) is 18.3 Å². The van der Waals surface area contributed by atoms with E-state index in [1.165, 1.54) is 19.3 Å². The Hall–Kier alpha value is -0.520. The molecule has 0 aliphatic heterocycles. The molecule has 2 nitrogen and oxygen atoms in total. The molecule has 1 rings (SSSR count). The molecular weight excluding hydrogens is 148 g/mol. The van der Waals surface area contributed by atoms with Gasteiger partial charge in [0.2, 0.25) is 0 Å². The average Bonchev–Trinajstić information content (AvgIpc) is 1.99. The zero-order valence-electron chi connectivity index (χ0n) is 7.55. The van der Waals surface area contributed by atoms with E-state index in [-0.39, 0.29) is 0 Å². The lowest BCUT2D eigenvalue weighted by molar-refractivity contribution is 0.234. The van der Waals surface area contributed by atoms with Crippen molar-refractivity contribution in [1.29, 1.82) is 0 Å². The lowest BCUT2D eigenvalue weighted by Gasteiger charge is -2.33. The molecule has 2 heteroatoms. The van der Waals surface area contributed by atoms with Crippen LogP contribution in [0.15, 0.2) is 0 Å². The first-order valence-electron chi connectivity index (χ1n) is 4.75. The molecule has 0 radical (unpaired) electrons. The van der Waals surface area contributed by atoms with Gasteiger partial charge in [-0.15, -0.1) is 12.3 Å². The summed E-state index contributed by atoms with van der Waals surface area (Å²) in [6.45, 7) is 1.66. The van der Waals surface area contributed by atoms with Crippen LogP contribution in [0.5, 0.6) is 0 Å². The summed E-state index contributed by atoms with van der Waals surface area (Å²) in [6, 6.07) is 0.507. The van der Waals surface area contributed by atoms with Crippen LogP contribution in [0.25, 0.3) is 0 Å². The van der Waals surface area contributed by atoms with Gasteiger partial charge in [0.25, 0.3) is 0 Å². The molecule has 1 atom stereocenters. The van der Waals surface area contributed by atoms with Crippen LogP contribution in [0.2, 0.25) is 0 Å². The van der Waals surface area contributed by atoms with Gasteiger partial charge in [0.15, 0.2) is 0 Å². The van der Waals surface area contributed by atoms with Crippen molar-refractivity contribution in [3.05, 3.63) is 0 Å². The number of hydrogen-bond acceptors (Lipinski definition) is 2. The first kappa shape index (κ1) is 9.57. The topological polar surface area (TPSA) is 38.0 Å². The summed E-state index contributed by atoms with van der Waals surface area (Å²) in [4.78, 5) is 0. The van der Waals surface area contributed by atoms with Gasteiger partial charge < -0.3 is 11.1 Å². The van der Waals surface area contributed by atoms with Crippen LogP contribution < -0.4 is 11.1 Å². The highest BCUT2D eigenvalue weighted by molar-refractivity contribution is 4.87. The molecule has 3 N–H and O–H groups in total. The van der Waals surface area contributed by atoms with Crippen LogP contribution in [0.4, 0.5) is 0 Å². The van der Waals surface area contributed by atoms with E-state index in [4.69, 9.17) is 12.2 Å². The predicted molar refractivity (Wildman–Crippen MR) is 51.6 cm³/mol. The molecule has 1 aliphatic carbocycles. The van der Waals surface area contributed by atoms with Crippen molar-refractivity contribution >= 4 is 0 Å². The lowest BCUT2D eigenvalue weighted by Crippen LogP contribution is -2.45.